The lowest BCUT2D eigenvalue weighted by Gasteiger charge is -2.23. The second-order valence-electron chi connectivity index (χ2n) is 16.1. The minimum Gasteiger partial charge on any atom is -0.252 e. The third-order valence-corrected chi connectivity index (χ3v) is 13.7. The van der Waals surface area contributed by atoms with E-state index in [4.69, 9.17) is 9.97 Å². The Bertz CT molecular complexity index is 3450. The predicted molar refractivity (Wildman–Crippen MR) is 247 cm³/mol. The van der Waals surface area contributed by atoms with Crippen molar-refractivity contribution in [1.82, 2.24) is 9.97 Å². The fraction of sp³-hybridized carbons (Fsp3) is 0.0545. The number of hydrogen-bond acceptors (Lipinski definition) is 3. The van der Waals surface area contributed by atoms with Gasteiger partial charge in [0.25, 0.3) is 0 Å². The number of nitrogens with zero attached hydrogens (tertiary/aromatic N) is 2. The van der Waals surface area contributed by atoms with Crippen molar-refractivity contribution < 1.29 is 0 Å². The number of hydrogen-bond donors (Lipinski definition) is 0. The molecule has 2 heterocycles. The van der Waals surface area contributed by atoms with Crippen LogP contribution in [0.1, 0.15) is 25.0 Å². The first-order valence-electron chi connectivity index (χ1n) is 20.0. The number of aromatic nitrogens is 2. The van der Waals surface area contributed by atoms with Crippen molar-refractivity contribution in [3.05, 3.63) is 193 Å². The molecule has 0 aliphatic heterocycles. The van der Waals surface area contributed by atoms with Gasteiger partial charge in [0.15, 0.2) is 0 Å². The van der Waals surface area contributed by atoms with Crippen LogP contribution in [0, 0.1) is 0 Å². The van der Waals surface area contributed by atoms with Crippen LogP contribution >= 0.6 is 11.3 Å². The Morgan fingerprint density at radius 2 is 0.931 bits per heavy atom. The van der Waals surface area contributed by atoms with Crippen LogP contribution in [-0.2, 0) is 5.41 Å². The highest BCUT2D eigenvalue weighted by atomic mass is 32.1. The van der Waals surface area contributed by atoms with Gasteiger partial charge in [0.1, 0.15) is 0 Å². The molecule has 0 spiro atoms. The van der Waals surface area contributed by atoms with E-state index in [-0.39, 0.29) is 5.41 Å². The van der Waals surface area contributed by atoms with Gasteiger partial charge < -0.3 is 0 Å². The van der Waals surface area contributed by atoms with E-state index in [1.165, 1.54) is 86.6 Å². The molecule has 3 heteroatoms. The van der Waals surface area contributed by atoms with Crippen molar-refractivity contribution in [2.24, 2.45) is 0 Å². The van der Waals surface area contributed by atoms with Crippen LogP contribution in [0.5, 0.6) is 0 Å². The number of thiophene rings is 1. The van der Waals surface area contributed by atoms with Crippen LogP contribution in [0.2, 0.25) is 0 Å². The summed E-state index contributed by atoms with van der Waals surface area (Å²) in [5.41, 5.74) is 16.5. The molecule has 0 saturated heterocycles. The Labute approximate surface area is 340 Å². The zero-order chi connectivity index (χ0) is 38.5. The summed E-state index contributed by atoms with van der Waals surface area (Å²) in [4.78, 5) is 10.2. The fourth-order valence-electron chi connectivity index (χ4n) is 9.53. The van der Waals surface area contributed by atoms with Gasteiger partial charge in [0.05, 0.1) is 22.9 Å². The van der Waals surface area contributed by atoms with Gasteiger partial charge in [-0.25, -0.2) is 4.98 Å². The molecule has 0 N–H and O–H groups in total. The largest absolute Gasteiger partial charge is 0.252 e. The molecule has 12 rings (SSSR count). The van der Waals surface area contributed by atoms with Gasteiger partial charge in [-0.2, -0.15) is 0 Å². The number of benzene rings is 9. The lowest BCUT2D eigenvalue weighted by Crippen LogP contribution is -2.15. The standard InChI is InChI=1S/C55H36N2S/c1-55(2)48-30-36(33-21-23-34(24-22-33)50-32-56-52-45-16-5-3-13-40(45)41-14-4-6-17-46(41)53(52)57-50)25-27-42(48)43-28-26-37(31-49(43)55)35-11-9-12-38(29-35)39-18-10-19-47-44-15-7-8-20-51(44)58-54(39)47/h3-32H,1-2H3. The first kappa shape index (κ1) is 33.2. The van der Waals surface area contributed by atoms with Gasteiger partial charge in [-0.15, -0.1) is 11.3 Å². The average Bonchev–Trinajstić information content (AvgIpc) is 3.78. The number of fused-ring (bicyclic) bond motifs is 12. The minimum atomic E-state index is -0.148. The summed E-state index contributed by atoms with van der Waals surface area (Å²) in [7, 11) is 0. The Morgan fingerprint density at radius 3 is 1.66 bits per heavy atom. The molecule has 1 aliphatic carbocycles. The predicted octanol–water partition coefficient (Wildman–Crippen LogP) is 15.3. The van der Waals surface area contributed by atoms with E-state index in [1.807, 2.05) is 17.5 Å². The number of rotatable bonds is 4. The van der Waals surface area contributed by atoms with Crippen molar-refractivity contribution in [3.63, 3.8) is 0 Å². The first-order chi connectivity index (χ1) is 28.5. The normalized spacial score (nSPS) is 13.1. The molecule has 0 unspecified atom stereocenters. The van der Waals surface area contributed by atoms with Crippen LogP contribution in [0.15, 0.2) is 182 Å². The Balaban J connectivity index is 0.866. The van der Waals surface area contributed by atoms with E-state index < -0.39 is 0 Å². The van der Waals surface area contributed by atoms with E-state index >= 15 is 0 Å². The van der Waals surface area contributed by atoms with Crippen LogP contribution in [-0.4, -0.2) is 9.97 Å². The molecule has 0 fully saturated rings. The van der Waals surface area contributed by atoms with E-state index in [2.05, 4.69) is 190 Å². The maximum Gasteiger partial charge on any atom is 0.0979 e. The summed E-state index contributed by atoms with van der Waals surface area (Å²) in [6, 6.07) is 64.5. The van der Waals surface area contributed by atoms with E-state index in [0.29, 0.717) is 0 Å². The molecule has 0 amide bonds. The molecule has 9 aromatic carbocycles. The fourth-order valence-corrected chi connectivity index (χ4v) is 10.8. The van der Waals surface area contributed by atoms with Crippen molar-refractivity contribution in [2.75, 3.05) is 0 Å². The van der Waals surface area contributed by atoms with Crippen LogP contribution in [0.3, 0.4) is 0 Å². The average molecular weight is 757 g/mol. The molecule has 1 aliphatic rings. The first-order valence-corrected chi connectivity index (χ1v) is 20.8. The third kappa shape index (κ3) is 4.97. The zero-order valence-electron chi connectivity index (χ0n) is 32.1. The van der Waals surface area contributed by atoms with Gasteiger partial charge in [0.2, 0.25) is 0 Å². The topological polar surface area (TPSA) is 25.8 Å². The molecular weight excluding hydrogens is 721 g/mol. The summed E-state index contributed by atoms with van der Waals surface area (Å²) < 4.78 is 2.68. The quantitative estimate of drug-likeness (QED) is 0.167. The van der Waals surface area contributed by atoms with Crippen LogP contribution in [0.25, 0.3) is 109 Å². The van der Waals surface area contributed by atoms with Crippen molar-refractivity contribution in [1.29, 1.82) is 0 Å². The Morgan fingerprint density at radius 1 is 0.397 bits per heavy atom. The van der Waals surface area contributed by atoms with Gasteiger partial charge in [-0.3, -0.25) is 4.98 Å². The summed E-state index contributed by atoms with van der Waals surface area (Å²) in [5, 5.41) is 7.34. The van der Waals surface area contributed by atoms with E-state index in [1.54, 1.807) is 0 Å². The van der Waals surface area contributed by atoms with Gasteiger partial charge >= 0.3 is 0 Å². The van der Waals surface area contributed by atoms with Crippen molar-refractivity contribution in [2.45, 2.75) is 19.3 Å². The van der Waals surface area contributed by atoms with Crippen molar-refractivity contribution >= 4 is 64.1 Å². The van der Waals surface area contributed by atoms with E-state index in [9.17, 15) is 0 Å². The van der Waals surface area contributed by atoms with Gasteiger partial charge in [-0.1, -0.05) is 166 Å². The molecule has 0 radical (unpaired) electrons. The Hall–Kier alpha value is -6.94. The molecule has 58 heavy (non-hydrogen) atoms. The summed E-state index contributed by atoms with van der Waals surface area (Å²) in [6.45, 7) is 4.75. The SMILES string of the molecule is CC1(C)c2cc(-c3ccc(-c4cnc5c6ccccc6c6ccccc6c5n4)cc3)ccc2-c2ccc(-c3cccc(-c4cccc5c4sc4ccccc45)c3)cc21. The summed E-state index contributed by atoms with van der Waals surface area (Å²) in [6.07, 6.45) is 1.92. The second-order valence-corrected chi connectivity index (χ2v) is 17.2. The lowest BCUT2D eigenvalue weighted by atomic mass is 9.80. The molecule has 0 saturated carbocycles. The lowest BCUT2D eigenvalue weighted by molar-refractivity contribution is 0.661. The van der Waals surface area contributed by atoms with Gasteiger partial charge in [0, 0.05) is 41.9 Å². The van der Waals surface area contributed by atoms with E-state index in [0.717, 1.165) is 33.1 Å². The molecule has 272 valence electrons. The summed E-state index contributed by atoms with van der Waals surface area (Å²) in [5.74, 6) is 0. The molecule has 2 nitrogen and oxygen atoms in total. The molecule has 0 bridgehead atoms. The van der Waals surface area contributed by atoms with Crippen molar-refractivity contribution in [3.8, 4) is 55.8 Å². The highest BCUT2D eigenvalue weighted by Crippen LogP contribution is 2.51. The zero-order valence-corrected chi connectivity index (χ0v) is 32.9. The summed E-state index contributed by atoms with van der Waals surface area (Å²) >= 11 is 1.89. The highest BCUT2D eigenvalue weighted by Gasteiger charge is 2.36. The molecule has 2 aromatic heterocycles. The second kappa shape index (κ2) is 12.5. The maximum absolute atomic E-state index is 5.22. The molecular formula is C55H36N2S. The Kier molecular flexibility index (Phi) is 7.18. The minimum absolute atomic E-state index is 0.148. The maximum atomic E-state index is 5.22. The van der Waals surface area contributed by atoms with Gasteiger partial charge in [-0.05, 0) is 90.7 Å². The third-order valence-electron chi connectivity index (χ3n) is 12.5. The molecule has 0 atom stereocenters. The smallest absolute Gasteiger partial charge is 0.0979 e. The van der Waals surface area contributed by atoms with Crippen LogP contribution in [0.4, 0.5) is 0 Å². The monoisotopic (exact) mass is 756 g/mol. The van der Waals surface area contributed by atoms with Crippen LogP contribution < -0.4 is 0 Å². The highest BCUT2D eigenvalue weighted by molar-refractivity contribution is 7.26. The molecule has 11 aromatic rings.